The number of nitrogens with zero attached hydrogens (tertiary/aromatic N) is 4. The third-order valence-electron chi connectivity index (χ3n) is 6.89. The van der Waals surface area contributed by atoms with Crippen molar-refractivity contribution >= 4 is 33.1 Å². The molecule has 2 aliphatic rings. The minimum Gasteiger partial charge on any atom is -0.334 e. The third kappa shape index (κ3) is 3.96. The van der Waals surface area contributed by atoms with Gasteiger partial charge in [0.15, 0.2) is 0 Å². The molecule has 0 spiro atoms. The van der Waals surface area contributed by atoms with Gasteiger partial charge in [-0.25, -0.2) is 9.97 Å². The summed E-state index contributed by atoms with van der Waals surface area (Å²) in [5.41, 5.74) is 3.92. The number of nitrogens with one attached hydrogen (secondary N) is 1. The molecule has 1 aliphatic carbocycles. The van der Waals surface area contributed by atoms with Crippen LogP contribution in [0, 0.1) is 0 Å². The van der Waals surface area contributed by atoms with Crippen molar-refractivity contribution in [3.63, 3.8) is 0 Å². The van der Waals surface area contributed by atoms with Crippen LogP contribution in [0.15, 0.2) is 41.6 Å². The largest absolute Gasteiger partial charge is 0.334 e. The second-order valence-corrected chi connectivity index (χ2v) is 10.3. The maximum atomic E-state index is 13.1. The first-order valence-corrected chi connectivity index (χ1v) is 12.9. The van der Waals surface area contributed by atoms with E-state index in [0.717, 1.165) is 65.2 Å². The van der Waals surface area contributed by atoms with Gasteiger partial charge in [0.25, 0.3) is 5.56 Å². The molecule has 1 aromatic carbocycles. The van der Waals surface area contributed by atoms with Crippen LogP contribution in [0.25, 0.3) is 21.5 Å². The molecule has 0 radical (unpaired) electrons. The summed E-state index contributed by atoms with van der Waals surface area (Å²) in [4.78, 5) is 37.1. The fourth-order valence-corrected chi connectivity index (χ4v) is 6.28. The number of thiophene rings is 1. The number of fused-ring (bicyclic) bond motifs is 4. The van der Waals surface area contributed by atoms with Crippen LogP contribution in [0.2, 0.25) is 0 Å². The number of aromatic nitrogens is 4. The van der Waals surface area contributed by atoms with E-state index >= 15 is 0 Å². The van der Waals surface area contributed by atoms with Gasteiger partial charge in [0.1, 0.15) is 10.7 Å². The standard InChI is InChI=1S/C26H27N5O2S/c32-23(12-14-31-16-27-25-24(26(31)33)19-5-1-2-6-21(19)34-25)28-18-10-8-17(9-11-18)20-15-30-13-4-3-7-22(30)29-20/h8-11,15-16H,1-7,12-14H2,(H,28,32). The second kappa shape index (κ2) is 8.83. The van der Waals surface area contributed by atoms with Gasteiger partial charge in [-0.2, -0.15) is 0 Å². The maximum Gasteiger partial charge on any atom is 0.262 e. The first-order valence-electron chi connectivity index (χ1n) is 12.1. The highest BCUT2D eigenvalue weighted by Crippen LogP contribution is 2.33. The fraction of sp³-hybridized carbons (Fsp3) is 0.385. The molecule has 1 amide bonds. The first kappa shape index (κ1) is 21.3. The van der Waals surface area contributed by atoms with Gasteiger partial charge in [-0.15, -0.1) is 11.3 Å². The SMILES string of the molecule is O=C(CCn1cnc2sc3c(c2c1=O)CCCC3)Nc1ccc(-c2cn3c(n2)CCCC3)cc1. The molecule has 0 bridgehead atoms. The van der Waals surface area contributed by atoms with Crippen molar-refractivity contribution in [1.29, 1.82) is 0 Å². The lowest BCUT2D eigenvalue weighted by Crippen LogP contribution is -2.24. The molecule has 3 aromatic heterocycles. The zero-order chi connectivity index (χ0) is 23.1. The molecule has 7 nitrogen and oxygen atoms in total. The quantitative estimate of drug-likeness (QED) is 0.461. The molecule has 174 valence electrons. The lowest BCUT2D eigenvalue weighted by molar-refractivity contribution is -0.116. The van der Waals surface area contributed by atoms with Crippen molar-refractivity contribution in [2.75, 3.05) is 5.32 Å². The van der Waals surface area contributed by atoms with E-state index in [9.17, 15) is 9.59 Å². The Kier molecular flexibility index (Phi) is 5.53. The minimum absolute atomic E-state index is 0.0238. The summed E-state index contributed by atoms with van der Waals surface area (Å²) in [6.07, 6.45) is 11.7. The Bertz CT molecular complexity index is 1410. The predicted molar refractivity (Wildman–Crippen MR) is 134 cm³/mol. The van der Waals surface area contributed by atoms with Gasteiger partial charge in [-0.3, -0.25) is 14.2 Å². The zero-order valence-corrected chi connectivity index (χ0v) is 19.9. The van der Waals surface area contributed by atoms with E-state index in [2.05, 4.69) is 21.1 Å². The van der Waals surface area contributed by atoms with Crippen LogP contribution in [0.3, 0.4) is 0 Å². The average Bonchev–Trinajstić information content (AvgIpc) is 3.46. The molecule has 0 saturated heterocycles. The molecule has 0 saturated carbocycles. The van der Waals surface area contributed by atoms with Crippen molar-refractivity contribution in [1.82, 2.24) is 19.1 Å². The van der Waals surface area contributed by atoms with Gasteiger partial charge >= 0.3 is 0 Å². The van der Waals surface area contributed by atoms with Gasteiger partial charge in [0.05, 0.1) is 17.4 Å². The summed E-state index contributed by atoms with van der Waals surface area (Å²) in [6, 6.07) is 7.80. The smallest absolute Gasteiger partial charge is 0.262 e. The van der Waals surface area contributed by atoms with Crippen LogP contribution >= 0.6 is 11.3 Å². The van der Waals surface area contributed by atoms with Crippen LogP contribution in [0.1, 0.15) is 48.4 Å². The molecule has 1 aliphatic heterocycles. The van der Waals surface area contributed by atoms with Crippen LogP contribution in [-0.2, 0) is 37.1 Å². The highest BCUT2D eigenvalue weighted by Gasteiger charge is 2.20. The summed E-state index contributed by atoms with van der Waals surface area (Å²) in [7, 11) is 0. The molecule has 0 atom stereocenters. The Hall–Kier alpha value is -3.26. The normalized spacial score (nSPS) is 15.2. The molecule has 1 N–H and O–H groups in total. The monoisotopic (exact) mass is 473 g/mol. The zero-order valence-electron chi connectivity index (χ0n) is 19.0. The molecule has 6 rings (SSSR count). The molecule has 0 fully saturated rings. The number of aryl methyl sites for hydroxylation is 5. The van der Waals surface area contributed by atoms with Crippen molar-refractivity contribution in [3.8, 4) is 11.3 Å². The highest BCUT2D eigenvalue weighted by atomic mass is 32.1. The lowest BCUT2D eigenvalue weighted by Gasteiger charge is -2.11. The Morgan fingerprint density at radius 1 is 1.06 bits per heavy atom. The minimum atomic E-state index is -0.121. The van der Waals surface area contributed by atoms with E-state index in [1.807, 2.05) is 24.3 Å². The number of carbonyl (C=O) groups is 1. The van der Waals surface area contributed by atoms with Crippen molar-refractivity contribution in [2.45, 2.75) is 64.5 Å². The number of rotatable bonds is 5. The summed E-state index contributed by atoms with van der Waals surface area (Å²) >= 11 is 1.65. The number of imidazole rings is 1. The van der Waals surface area contributed by atoms with Crippen molar-refractivity contribution in [3.05, 3.63) is 63.4 Å². The summed E-state index contributed by atoms with van der Waals surface area (Å²) in [6.45, 7) is 1.35. The lowest BCUT2D eigenvalue weighted by atomic mass is 9.97. The van der Waals surface area contributed by atoms with Gasteiger partial charge in [0.2, 0.25) is 5.91 Å². The van der Waals surface area contributed by atoms with Crippen LogP contribution < -0.4 is 10.9 Å². The summed E-state index contributed by atoms with van der Waals surface area (Å²) < 4.78 is 3.82. The summed E-state index contributed by atoms with van der Waals surface area (Å²) in [5, 5.41) is 3.71. The highest BCUT2D eigenvalue weighted by molar-refractivity contribution is 7.18. The third-order valence-corrected chi connectivity index (χ3v) is 8.09. The van der Waals surface area contributed by atoms with Crippen LogP contribution in [0.4, 0.5) is 5.69 Å². The number of hydrogen-bond donors (Lipinski definition) is 1. The number of amides is 1. The molecule has 4 aromatic rings. The van der Waals surface area contributed by atoms with Gasteiger partial charge in [-0.05, 0) is 56.2 Å². The van der Waals surface area contributed by atoms with Gasteiger partial charge in [0, 0.05) is 48.3 Å². The fourth-order valence-electron chi connectivity index (χ4n) is 5.06. The van der Waals surface area contributed by atoms with E-state index in [4.69, 9.17) is 4.98 Å². The van der Waals surface area contributed by atoms with E-state index in [1.165, 1.54) is 29.7 Å². The number of anilines is 1. The van der Waals surface area contributed by atoms with Gasteiger partial charge in [-0.1, -0.05) is 12.1 Å². The molecular formula is C26H27N5O2S. The second-order valence-electron chi connectivity index (χ2n) is 9.20. The maximum absolute atomic E-state index is 13.1. The van der Waals surface area contributed by atoms with Crippen LogP contribution in [0.5, 0.6) is 0 Å². The number of benzene rings is 1. The molecule has 34 heavy (non-hydrogen) atoms. The molecular weight excluding hydrogens is 446 g/mol. The van der Waals surface area contributed by atoms with Gasteiger partial charge < -0.3 is 9.88 Å². The molecule has 8 heteroatoms. The Labute approximate surface area is 201 Å². The van der Waals surface area contributed by atoms with Crippen molar-refractivity contribution < 1.29 is 4.79 Å². The van der Waals surface area contributed by atoms with E-state index in [0.29, 0.717) is 6.54 Å². The Balaban J connectivity index is 1.11. The van der Waals surface area contributed by atoms with E-state index < -0.39 is 0 Å². The molecule has 0 unspecified atom stereocenters. The Morgan fingerprint density at radius 3 is 2.74 bits per heavy atom. The average molecular weight is 474 g/mol. The predicted octanol–water partition coefficient (Wildman–Crippen LogP) is 4.57. The first-order chi connectivity index (χ1) is 16.7. The molecule has 4 heterocycles. The van der Waals surface area contributed by atoms with Crippen LogP contribution in [-0.4, -0.2) is 25.0 Å². The number of hydrogen-bond acceptors (Lipinski definition) is 5. The topological polar surface area (TPSA) is 81.8 Å². The van der Waals surface area contributed by atoms with E-state index in [1.54, 1.807) is 22.2 Å². The Morgan fingerprint density at radius 2 is 1.88 bits per heavy atom. The van der Waals surface area contributed by atoms with E-state index in [-0.39, 0.29) is 17.9 Å². The van der Waals surface area contributed by atoms with Crippen molar-refractivity contribution in [2.24, 2.45) is 0 Å². The number of carbonyl (C=O) groups excluding carboxylic acids is 1. The summed E-state index contributed by atoms with van der Waals surface area (Å²) in [5.74, 6) is 1.04.